The summed E-state index contributed by atoms with van der Waals surface area (Å²) >= 11 is 12.4. The first kappa shape index (κ1) is 20.3. The van der Waals surface area contributed by atoms with Crippen LogP contribution in [0.2, 0.25) is 10.0 Å². The van der Waals surface area contributed by atoms with Crippen molar-refractivity contribution in [3.63, 3.8) is 0 Å². The maximum atomic E-state index is 13.1. The Labute approximate surface area is 164 Å². The third kappa shape index (κ3) is 4.99. The van der Waals surface area contributed by atoms with E-state index in [1.165, 1.54) is 0 Å². The maximum Gasteiger partial charge on any atom is 0.242 e. The topological polar surface area (TPSA) is 49.4 Å². The average Bonchev–Trinajstić information content (AvgIpc) is 2.65. The van der Waals surface area contributed by atoms with E-state index in [0.29, 0.717) is 28.6 Å². The number of hydrogen-bond donors (Lipinski definition) is 1. The number of rotatable bonds is 7. The SMILES string of the molecule is CC[C@H](C(=O)NC)N(Cc1ccccc1)C(=O)Cc1c(Cl)cccc1Cl. The van der Waals surface area contributed by atoms with Crippen molar-refractivity contribution in [2.45, 2.75) is 32.4 Å². The molecule has 4 nitrogen and oxygen atoms in total. The number of benzene rings is 2. The molecule has 0 spiro atoms. The monoisotopic (exact) mass is 392 g/mol. The largest absolute Gasteiger partial charge is 0.357 e. The predicted octanol–water partition coefficient (Wildman–Crippen LogP) is 4.09. The predicted molar refractivity (Wildman–Crippen MR) is 105 cm³/mol. The molecule has 0 bridgehead atoms. The first-order valence-corrected chi connectivity index (χ1v) is 9.21. The molecule has 6 heteroatoms. The van der Waals surface area contributed by atoms with Gasteiger partial charge in [0.05, 0.1) is 6.42 Å². The molecule has 0 heterocycles. The maximum absolute atomic E-state index is 13.1. The van der Waals surface area contributed by atoms with E-state index in [-0.39, 0.29) is 18.2 Å². The normalized spacial score (nSPS) is 11.7. The van der Waals surface area contributed by atoms with E-state index in [1.54, 1.807) is 30.1 Å². The lowest BCUT2D eigenvalue weighted by Crippen LogP contribution is -2.48. The summed E-state index contributed by atoms with van der Waals surface area (Å²) in [5.41, 5.74) is 1.53. The average molecular weight is 393 g/mol. The first-order valence-electron chi connectivity index (χ1n) is 8.45. The number of likely N-dealkylation sites (N-methyl/N-ethyl adjacent to an activating group) is 1. The minimum Gasteiger partial charge on any atom is -0.357 e. The highest BCUT2D eigenvalue weighted by molar-refractivity contribution is 6.36. The van der Waals surface area contributed by atoms with Gasteiger partial charge in [0.1, 0.15) is 6.04 Å². The highest BCUT2D eigenvalue weighted by Gasteiger charge is 2.28. The molecule has 138 valence electrons. The van der Waals surface area contributed by atoms with E-state index in [1.807, 2.05) is 37.3 Å². The lowest BCUT2D eigenvalue weighted by Gasteiger charge is -2.30. The molecular formula is C20H22Cl2N2O2. The molecule has 2 rings (SSSR count). The van der Waals surface area contributed by atoms with Crippen LogP contribution in [-0.2, 0) is 22.6 Å². The summed E-state index contributed by atoms with van der Waals surface area (Å²) in [5.74, 6) is -0.388. The second-order valence-electron chi connectivity index (χ2n) is 5.92. The first-order chi connectivity index (χ1) is 12.5. The zero-order valence-corrected chi connectivity index (χ0v) is 16.3. The quantitative estimate of drug-likeness (QED) is 0.771. The summed E-state index contributed by atoms with van der Waals surface area (Å²) in [7, 11) is 1.57. The lowest BCUT2D eigenvalue weighted by molar-refractivity contribution is -0.140. The minimum atomic E-state index is -0.561. The van der Waals surface area contributed by atoms with Crippen LogP contribution in [0.3, 0.4) is 0 Å². The van der Waals surface area contributed by atoms with E-state index in [2.05, 4.69) is 5.32 Å². The molecule has 0 radical (unpaired) electrons. The Kier molecular flexibility index (Phi) is 7.49. The molecule has 1 atom stereocenters. The standard InChI is InChI=1S/C20H22Cl2N2O2/c1-3-18(20(26)23-2)24(13-14-8-5-4-6-9-14)19(25)12-15-16(21)10-7-11-17(15)22/h4-11,18H,3,12-13H2,1-2H3,(H,23,26)/t18-/m1/s1. The van der Waals surface area contributed by atoms with Gasteiger partial charge >= 0.3 is 0 Å². The van der Waals surface area contributed by atoms with E-state index < -0.39 is 6.04 Å². The van der Waals surface area contributed by atoms with Gasteiger partial charge in [-0.3, -0.25) is 9.59 Å². The van der Waals surface area contributed by atoms with E-state index >= 15 is 0 Å². The van der Waals surface area contributed by atoms with Crippen molar-refractivity contribution < 1.29 is 9.59 Å². The van der Waals surface area contributed by atoms with Gasteiger partial charge in [0.25, 0.3) is 0 Å². The van der Waals surface area contributed by atoms with E-state index in [0.717, 1.165) is 5.56 Å². The molecule has 1 N–H and O–H groups in total. The van der Waals surface area contributed by atoms with Gasteiger partial charge in [-0.2, -0.15) is 0 Å². The number of nitrogens with one attached hydrogen (secondary N) is 1. The van der Waals surface area contributed by atoms with Crippen LogP contribution in [-0.4, -0.2) is 29.8 Å². The second-order valence-corrected chi connectivity index (χ2v) is 6.74. The summed E-state index contributed by atoms with van der Waals surface area (Å²) in [6.07, 6.45) is 0.549. The number of nitrogens with zero attached hydrogens (tertiary/aromatic N) is 1. The van der Waals surface area contributed by atoms with Crippen molar-refractivity contribution in [3.8, 4) is 0 Å². The number of carbonyl (C=O) groups excluding carboxylic acids is 2. The minimum absolute atomic E-state index is 0.0405. The van der Waals surface area contributed by atoms with Gasteiger partial charge in [0.15, 0.2) is 0 Å². The fourth-order valence-corrected chi connectivity index (χ4v) is 3.35. The molecule has 0 saturated heterocycles. The summed E-state index contributed by atoms with van der Waals surface area (Å²) < 4.78 is 0. The van der Waals surface area contributed by atoms with Crippen LogP contribution in [0.15, 0.2) is 48.5 Å². The Morgan fingerprint density at radius 1 is 1.04 bits per heavy atom. The van der Waals surface area contributed by atoms with Crippen molar-refractivity contribution in [1.29, 1.82) is 0 Å². The Hall–Kier alpha value is -2.04. The molecule has 26 heavy (non-hydrogen) atoms. The van der Waals surface area contributed by atoms with Crippen LogP contribution >= 0.6 is 23.2 Å². The third-order valence-electron chi connectivity index (χ3n) is 4.22. The van der Waals surface area contributed by atoms with Crippen LogP contribution in [0, 0.1) is 0 Å². The fraction of sp³-hybridized carbons (Fsp3) is 0.300. The van der Waals surface area contributed by atoms with Crippen LogP contribution in [0.4, 0.5) is 0 Å². The molecule has 2 aromatic rings. The van der Waals surface area contributed by atoms with Crippen molar-refractivity contribution in [3.05, 3.63) is 69.7 Å². The van der Waals surface area contributed by atoms with Gasteiger partial charge < -0.3 is 10.2 Å². The van der Waals surface area contributed by atoms with Gasteiger partial charge in [-0.25, -0.2) is 0 Å². The summed E-state index contributed by atoms with van der Waals surface area (Å²) in [4.78, 5) is 27.0. The highest BCUT2D eigenvalue weighted by Crippen LogP contribution is 2.26. The third-order valence-corrected chi connectivity index (χ3v) is 4.93. The van der Waals surface area contributed by atoms with Gasteiger partial charge in [-0.15, -0.1) is 0 Å². The van der Waals surface area contributed by atoms with E-state index in [4.69, 9.17) is 23.2 Å². The highest BCUT2D eigenvalue weighted by atomic mass is 35.5. The summed E-state index contributed by atoms with van der Waals surface area (Å²) in [6.45, 7) is 2.22. The molecule has 0 aliphatic rings. The fourth-order valence-electron chi connectivity index (χ4n) is 2.82. The van der Waals surface area contributed by atoms with Crippen molar-refractivity contribution in [2.75, 3.05) is 7.05 Å². The van der Waals surface area contributed by atoms with Crippen LogP contribution in [0.1, 0.15) is 24.5 Å². The van der Waals surface area contributed by atoms with Gasteiger partial charge in [-0.1, -0.05) is 66.5 Å². The summed E-state index contributed by atoms with van der Waals surface area (Å²) in [5, 5.41) is 3.52. The Bertz CT molecular complexity index is 745. The summed E-state index contributed by atoms with van der Waals surface area (Å²) in [6, 6.07) is 14.2. The van der Waals surface area contributed by atoms with Gasteiger partial charge in [0, 0.05) is 23.6 Å². The molecule has 0 saturated carbocycles. The Morgan fingerprint density at radius 2 is 1.65 bits per heavy atom. The molecule has 2 amide bonds. The van der Waals surface area contributed by atoms with Crippen molar-refractivity contribution in [2.24, 2.45) is 0 Å². The molecule has 0 fully saturated rings. The number of hydrogen-bond acceptors (Lipinski definition) is 2. The van der Waals surface area contributed by atoms with Crippen LogP contribution < -0.4 is 5.32 Å². The van der Waals surface area contributed by atoms with Gasteiger partial charge in [-0.05, 0) is 29.7 Å². The van der Waals surface area contributed by atoms with Crippen molar-refractivity contribution >= 4 is 35.0 Å². The van der Waals surface area contributed by atoms with Gasteiger partial charge in [0.2, 0.25) is 11.8 Å². The van der Waals surface area contributed by atoms with Crippen LogP contribution in [0.25, 0.3) is 0 Å². The Morgan fingerprint density at radius 3 is 2.19 bits per heavy atom. The molecule has 0 aromatic heterocycles. The molecular weight excluding hydrogens is 371 g/mol. The molecule has 2 aromatic carbocycles. The van der Waals surface area contributed by atoms with Crippen LogP contribution in [0.5, 0.6) is 0 Å². The van der Waals surface area contributed by atoms with Crippen molar-refractivity contribution in [1.82, 2.24) is 10.2 Å². The number of carbonyl (C=O) groups is 2. The second kappa shape index (κ2) is 9.60. The Balaban J connectivity index is 2.32. The molecule has 0 unspecified atom stereocenters. The number of halogens is 2. The zero-order valence-electron chi connectivity index (χ0n) is 14.8. The smallest absolute Gasteiger partial charge is 0.242 e. The molecule has 0 aliphatic heterocycles. The lowest BCUT2D eigenvalue weighted by atomic mass is 10.1. The van der Waals surface area contributed by atoms with E-state index in [9.17, 15) is 9.59 Å². The molecule has 0 aliphatic carbocycles. The zero-order chi connectivity index (χ0) is 19.1. The number of amides is 2.